The fourth-order valence-electron chi connectivity index (χ4n) is 1.73. The zero-order valence-electron chi connectivity index (χ0n) is 10.4. The SMILES string of the molecule is Fc1cccc(CNc2ccc(Cl)c(C(F)(F)F)c2)c1Br. The number of rotatable bonds is 3. The Balaban J connectivity index is 2.19. The summed E-state index contributed by atoms with van der Waals surface area (Å²) < 4.78 is 51.8. The van der Waals surface area contributed by atoms with Gasteiger partial charge in [0.1, 0.15) is 5.82 Å². The van der Waals surface area contributed by atoms with Gasteiger partial charge in [0.25, 0.3) is 0 Å². The lowest BCUT2D eigenvalue weighted by Gasteiger charge is -2.13. The van der Waals surface area contributed by atoms with Gasteiger partial charge in [0.2, 0.25) is 0 Å². The number of halogens is 6. The Morgan fingerprint density at radius 2 is 1.86 bits per heavy atom. The second kappa shape index (κ2) is 6.23. The van der Waals surface area contributed by atoms with Gasteiger partial charge in [-0.25, -0.2) is 4.39 Å². The minimum absolute atomic E-state index is 0.178. The Hall–Kier alpha value is -1.27. The highest BCUT2D eigenvalue weighted by atomic mass is 79.9. The molecule has 0 saturated heterocycles. The molecule has 2 rings (SSSR count). The van der Waals surface area contributed by atoms with E-state index in [0.29, 0.717) is 5.56 Å². The van der Waals surface area contributed by atoms with Crippen molar-refractivity contribution in [1.82, 2.24) is 0 Å². The minimum Gasteiger partial charge on any atom is -0.381 e. The fourth-order valence-corrected chi connectivity index (χ4v) is 2.36. The number of hydrogen-bond acceptors (Lipinski definition) is 1. The van der Waals surface area contributed by atoms with Crippen LogP contribution in [-0.4, -0.2) is 0 Å². The van der Waals surface area contributed by atoms with E-state index in [9.17, 15) is 17.6 Å². The molecule has 0 amide bonds. The van der Waals surface area contributed by atoms with Crippen LogP contribution < -0.4 is 5.32 Å². The minimum atomic E-state index is -4.52. The van der Waals surface area contributed by atoms with Crippen molar-refractivity contribution in [2.45, 2.75) is 12.7 Å². The molecule has 0 radical (unpaired) electrons. The van der Waals surface area contributed by atoms with Crippen molar-refractivity contribution in [3.63, 3.8) is 0 Å². The first-order valence-corrected chi connectivity index (χ1v) is 6.99. The van der Waals surface area contributed by atoms with Crippen LogP contribution in [0.3, 0.4) is 0 Å². The first-order valence-electron chi connectivity index (χ1n) is 5.82. The molecule has 0 fully saturated rings. The van der Waals surface area contributed by atoms with Crippen LogP contribution in [0.5, 0.6) is 0 Å². The zero-order chi connectivity index (χ0) is 15.6. The van der Waals surface area contributed by atoms with Gasteiger partial charge in [0, 0.05) is 12.2 Å². The van der Waals surface area contributed by atoms with Gasteiger partial charge in [-0.3, -0.25) is 0 Å². The quantitative estimate of drug-likeness (QED) is 0.654. The molecule has 0 unspecified atom stereocenters. The maximum Gasteiger partial charge on any atom is 0.417 e. The predicted octanol–water partition coefficient (Wildman–Crippen LogP) is 5.87. The van der Waals surface area contributed by atoms with E-state index in [1.807, 2.05) is 0 Å². The van der Waals surface area contributed by atoms with E-state index in [4.69, 9.17) is 11.6 Å². The first kappa shape index (κ1) is 16.1. The van der Waals surface area contributed by atoms with Crippen molar-refractivity contribution >= 4 is 33.2 Å². The second-order valence-corrected chi connectivity index (χ2v) is 5.46. The Morgan fingerprint density at radius 3 is 2.52 bits per heavy atom. The van der Waals surface area contributed by atoms with Gasteiger partial charge < -0.3 is 5.32 Å². The number of anilines is 1. The third-order valence-corrected chi connectivity index (χ3v) is 4.00. The molecule has 0 aliphatic rings. The molecule has 0 heterocycles. The lowest BCUT2D eigenvalue weighted by Crippen LogP contribution is -2.08. The van der Waals surface area contributed by atoms with Crippen LogP contribution in [0.15, 0.2) is 40.9 Å². The van der Waals surface area contributed by atoms with E-state index in [1.54, 1.807) is 6.07 Å². The second-order valence-electron chi connectivity index (χ2n) is 4.26. The van der Waals surface area contributed by atoms with E-state index in [0.717, 1.165) is 6.07 Å². The van der Waals surface area contributed by atoms with Crippen LogP contribution in [0.2, 0.25) is 5.02 Å². The molecule has 0 aromatic heterocycles. The number of benzene rings is 2. The van der Waals surface area contributed by atoms with Crippen LogP contribution in [0, 0.1) is 5.82 Å². The summed E-state index contributed by atoms with van der Waals surface area (Å²) in [6, 6.07) is 8.02. The van der Waals surface area contributed by atoms with Gasteiger partial charge in [0.15, 0.2) is 0 Å². The summed E-state index contributed by atoms with van der Waals surface area (Å²) in [4.78, 5) is 0. The van der Waals surface area contributed by atoms with Gasteiger partial charge in [-0.2, -0.15) is 13.2 Å². The smallest absolute Gasteiger partial charge is 0.381 e. The fraction of sp³-hybridized carbons (Fsp3) is 0.143. The topological polar surface area (TPSA) is 12.0 Å². The molecule has 2 aromatic rings. The largest absolute Gasteiger partial charge is 0.417 e. The standard InChI is InChI=1S/C14H9BrClF4N/c15-13-8(2-1-3-12(13)17)7-21-9-4-5-11(16)10(6-9)14(18,19)20/h1-6,21H,7H2. The van der Waals surface area contributed by atoms with Crippen LogP contribution >= 0.6 is 27.5 Å². The van der Waals surface area contributed by atoms with Gasteiger partial charge in [-0.1, -0.05) is 23.7 Å². The van der Waals surface area contributed by atoms with E-state index < -0.39 is 17.6 Å². The molecular weight excluding hydrogens is 374 g/mol. The summed E-state index contributed by atoms with van der Waals surface area (Å²) in [5.74, 6) is -0.429. The molecule has 112 valence electrons. The highest BCUT2D eigenvalue weighted by Gasteiger charge is 2.33. The van der Waals surface area contributed by atoms with Crippen LogP contribution in [0.25, 0.3) is 0 Å². The molecule has 0 atom stereocenters. The number of nitrogens with one attached hydrogen (secondary N) is 1. The Kier molecular flexibility index (Phi) is 4.78. The van der Waals surface area contributed by atoms with Crippen molar-refractivity contribution in [2.75, 3.05) is 5.32 Å². The lowest BCUT2D eigenvalue weighted by atomic mass is 10.1. The molecule has 1 N–H and O–H groups in total. The Morgan fingerprint density at radius 1 is 1.14 bits per heavy atom. The maximum absolute atomic E-state index is 13.3. The molecule has 1 nitrogen and oxygen atoms in total. The Labute approximate surface area is 132 Å². The lowest BCUT2D eigenvalue weighted by molar-refractivity contribution is -0.137. The van der Waals surface area contributed by atoms with Crippen molar-refractivity contribution < 1.29 is 17.6 Å². The third-order valence-electron chi connectivity index (χ3n) is 2.79. The van der Waals surface area contributed by atoms with Crippen LogP contribution in [0.1, 0.15) is 11.1 Å². The molecule has 0 spiro atoms. The predicted molar refractivity (Wildman–Crippen MR) is 77.9 cm³/mol. The molecular formula is C14H9BrClF4N. The van der Waals surface area contributed by atoms with E-state index in [2.05, 4.69) is 21.2 Å². The summed E-state index contributed by atoms with van der Waals surface area (Å²) in [5, 5.41) is 2.45. The summed E-state index contributed by atoms with van der Waals surface area (Å²) in [6.07, 6.45) is -4.52. The monoisotopic (exact) mass is 381 g/mol. The average molecular weight is 383 g/mol. The molecule has 21 heavy (non-hydrogen) atoms. The van der Waals surface area contributed by atoms with Crippen LogP contribution in [-0.2, 0) is 12.7 Å². The highest BCUT2D eigenvalue weighted by molar-refractivity contribution is 9.10. The summed E-state index contributed by atoms with van der Waals surface area (Å²) >= 11 is 8.63. The van der Waals surface area contributed by atoms with Crippen molar-refractivity contribution in [3.05, 3.63) is 62.8 Å². The normalized spacial score (nSPS) is 11.5. The van der Waals surface area contributed by atoms with Crippen molar-refractivity contribution in [2.24, 2.45) is 0 Å². The maximum atomic E-state index is 13.3. The third kappa shape index (κ3) is 3.89. The average Bonchev–Trinajstić information content (AvgIpc) is 2.40. The summed E-state index contributed by atoms with van der Waals surface area (Å²) in [6.45, 7) is 0.178. The van der Waals surface area contributed by atoms with Gasteiger partial charge >= 0.3 is 6.18 Å². The van der Waals surface area contributed by atoms with Gasteiger partial charge in [-0.15, -0.1) is 0 Å². The van der Waals surface area contributed by atoms with Crippen molar-refractivity contribution in [1.29, 1.82) is 0 Å². The summed E-state index contributed by atoms with van der Waals surface area (Å²) in [5.41, 5.74) is -0.0612. The van der Waals surface area contributed by atoms with Crippen LogP contribution in [0.4, 0.5) is 23.2 Å². The molecule has 7 heteroatoms. The molecule has 0 aliphatic carbocycles. The summed E-state index contributed by atoms with van der Waals surface area (Å²) in [7, 11) is 0. The molecule has 0 aliphatic heterocycles. The molecule has 2 aromatic carbocycles. The highest BCUT2D eigenvalue weighted by Crippen LogP contribution is 2.36. The Bertz CT molecular complexity index is 658. The van der Waals surface area contributed by atoms with Gasteiger partial charge in [0.05, 0.1) is 15.1 Å². The van der Waals surface area contributed by atoms with E-state index >= 15 is 0 Å². The van der Waals surface area contributed by atoms with E-state index in [-0.39, 0.29) is 21.7 Å². The zero-order valence-corrected chi connectivity index (χ0v) is 12.8. The number of alkyl halides is 3. The van der Waals surface area contributed by atoms with E-state index in [1.165, 1.54) is 24.3 Å². The number of hydrogen-bond donors (Lipinski definition) is 1. The first-order chi connectivity index (χ1) is 9.79. The molecule has 0 saturated carbocycles. The van der Waals surface area contributed by atoms with Crippen molar-refractivity contribution in [3.8, 4) is 0 Å². The molecule has 0 bridgehead atoms. The van der Waals surface area contributed by atoms with Gasteiger partial charge in [-0.05, 0) is 45.8 Å².